The highest BCUT2D eigenvalue weighted by atomic mass is 35.5. The highest BCUT2D eigenvalue weighted by Crippen LogP contribution is 2.21. The molecular formula is C20H19ClFN5O2S. The van der Waals surface area contributed by atoms with Gasteiger partial charge in [-0.3, -0.25) is 9.59 Å². The maximum Gasteiger partial charge on any atom is 0.254 e. The molecule has 0 aliphatic rings. The van der Waals surface area contributed by atoms with Gasteiger partial charge >= 0.3 is 0 Å². The fourth-order valence-electron chi connectivity index (χ4n) is 2.57. The summed E-state index contributed by atoms with van der Waals surface area (Å²) in [4.78, 5) is 24.4. The lowest BCUT2D eigenvalue weighted by Crippen LogP contribution is -2.25. The fourth-order valence-corrected chi connectivity index (χ4v) is 3.47. The minimum Gasteiger partial charge on any atom is -0.345 e. The van der Waals surface area contributed by atoms with Crippen molar-refractivity contribution in [3.63, 3.8) is 0 Å². The van der Waals surface area contributed by atoms with E-state index in [4.69, 9.17) is 11.6 Å². The van der Waals surface area contributed by atoms with E-state index in [0.29, 0.717) is 21.7 Å². The van der Waals surface area contributed by atoms with E-state index < -0.39 is 11.7 Å². The van der Waals surface area contributed by atoms with Crippen molar-refractivity contribution < 1.29 is 14.0 Å². The summed E-state index contributed by atoms with van der Waals surface area (Å²) in [6, 6.07) is 11.0. The summed E-state index contributed by atoms with van der Waals surface area (Å²) < 4.78 is 15.4. The molecule has 0 aliphatic carbocycles. The van der Waals surface area contributed by atoms with Gasteiger partial charge in [-0.25, -0.2) is 4.39 Å². The average Bonchev–Trinajstić information content (AvgIpc) is 3.07. The van der Waals surface area contributed by atoms with Crippen molar-refractivity contribution in [1.82, 2.24) is 20.1 Å². The molecule has 0 radical (unpaired) electrons. The van der Waals surface area contributed by atoms with Crippen LogP contribution in [0.4, 0.5) is 10.1 Å². The highest BCUT2D eigenvalue weighted by Gasteiger charge is 2.15. The van der Waals surface area contributed by atoms with Gasteiger partial charge in [0.05, 0.1) is 17.9 Å². The molecule has 0 aliphatic heterocycles. The third kappa shape index (κ3) is 5.37. The number of aryl methyl sites for hydroxylation is 1. The normalized spacial score (nSPS) is 10.7. The maximum absolute atomic E-state index is 13.7. The molecule has 0 saturated heterocycles. The Labute approximate surface area is 182 Å². The Morgan fingerprint density at radius 1 is 1.20 bits per heavy atom. The van der Waals surface area contributed by atoms with Crippen LogP contribution in [0.3, 0.4) is 0 Å². The molecule has 7 nitrogen and oxygen atoms in total. The summed E-state index contributed by atoms with van der Waals surface area (Å²) in [5.41, 5.74) is 1.52. The highest BCUT2D eigenvalue weighted by molar-refractivity contribution is 7.99. The van der Waals surface area contributed by atoms with Crippen molar-refractivity contribution in [1.29, 1.82) is 0 Å². The van der Waals surface area contributed by atoms with Gasteiger partial charge in [-0.05, 0) is 36.8 Å². The summed E-state index contributed by atoms with van der Waals surface area (Å²) in [7, 11) is 1.73. The van der Waals surface area contributed by atoms with Gasteiger partial charge in [0.2, 0.25) is 5.91 Å². The van der Waals surface area contributed by atoms with Gasteiger partial charge in [0.25, 0.3) is 5.91 Å². The zero-order chi connectivity index (χ0) is 21.7. The zero-order valence-electron chi connectivity index (χ0n) is 16.3. The smallest absolute Gasteiger partial charge is 0.254 e. The van der Waals surface area contributed by atoms with Gasteiger partial charge in [-0.1, -0.05) is 41.6 Å². The molecule has 0 atom stereocenters. The number of halogens is 2. The molecule has 0 bridgehead atoms. The predicted molar refractivity (Wildman–Crippen MR) is 114 cm³/mol. The Kier molecular flexibility index (Phi) is 7.07. The SMILES string of the molecule is Cc1ccc(Cl)cc1NC(=O)CSc1nnc(CNC(=O)c2ccccc2F)n1C. The van der Waals surface area contributed by atoms with Crippen LogP contribution >= 0.6 is 23.4 Å². The topological polar surface area (TPSA) is 88.9 Å². The van der Waals surface area contributed by atoms with Crippen LogP contribution in [0.2, 0.25) is 5.02 Å². The first kappa shape index (κ1) is 21.8. The van der Waals surface area contributed by atoms with Gasteiger partial charge in [0, 0.05) is 17.8 Å². The number of thioether (sulfide) groups is 1. The molecule has 1 aromatic heterocycles. The molecule has 2 amide bonds. The van der Waals surface area contributed by atoms with Crippen LogP contribution in [0.1, 0.15) is 21.7 Å². The Morgan fingerprint density at radius 2 is 1.97 bits per heavy atom. The van der Waals surface area contributed by atoms with Crippen molar-refractivity contribution in [2.24, 2.45) is 7.05 Å². The van der Waals surface area contributed by atoms with Crippen LogP contribution in [0.25, 0.3) is 0 Å². The molecule has 156 valence electrons. The maximum atomic E-state index is 13.7. The molecule has 2 aromatic carbocycles. The lowest BCUT2D eigenvalue weighted by atomic mass is 10.2. The molecule has 0 fully saturated rings. The van der Waals surface area contributed by atoms with E-state index in [2.05, 4.69) is 20.8 Å². The molecule has 30 heavy (non-hydrogen) atoms. The van der Waals surface area contributed by atoms with Crippen LogP contribution in [-0.2, 0) is 18.4 Å². The number of nitrogens with zero attached hydrogens (tertiary/aromatic N) is 3. The summed E-state index contributed by atoms with van der Waals surface area (Å²) >= 11 is 7.18. The number of nitrogens with one attached hydrogen (secondary N) is 2. The number of amides is 2. The van der Waals surface area contributed by atoms with Crippen molar-refractivity contribution in [3.05, 3.63) is 70.3 Å². The number of rotatable bonds is 7. The van der Waals surface area contributed by atoms with E-state index in [1.54, 1.807) is 29.8 Å². The number of aromatic nitrogens is 3. The number of carbonyl (C=O) groups excluding carboxylic acids is 2. The summed E-state index contributed by atoms with van der Waals surface area (Å²) in [6.45, 7) is 1.95. The second kappa shape index (κ2) is 9.73. The average molecular weight is 448 g/mol. The second-order valence-corrected chi connectivity index (χ2v) is 7.80. The van der Waals surface area contributed by atoms with Crippen LogP contribution < -0.4 is 10.6 Å². The Morgan fingerprint density at radius 3 is 2.73 bits per heavy atom. The number of anilines is 1. The predicted octanol–water partition coefficient (Wildman–Crippen LogP) is 3.58. The Balaban J connectivity index is 1.55. The van der Waals surface area contributed by atoms with Gasteiger partial charge < -0.3 is 15.2 Å². The minimum atomic E-state index is -0.592. The lowest BCUT2D eigenvalue weighted by Gasteiger charge is -2.09. The summed E-state index contributed by atoms with van der Waals surface area (Å²) in [6.07, 6.45) is 0. The molecule has 0 saturated carbocycles. The third-order valence-corrected chi connectivity index (χ3v) is 5.51. The van der Waals surface area contributed by atoms with Crippen molar-refractivity contribution in [3.8, 4) is 0 Å². The molecular weight excluding hydrogens is 429 g/mol. The van der Waals surface area contributed by atoms with Gasteiger partial charge in [0.1, 0.15) is 5.82 Å². The number of hydrogen-bond donors (Lipinski definition) is 2. The number of carbonyl (C=O) groups is 2. The van der Waals surface area contributed by atoms with E-state index in [1.807, 2.05) is 13.0 Å². The molecule has 3 aromatic rings. The van der Waals surface area contributed by atoms with Gasteiger partial charge in [-0.2, -0.15) is 0 Å². The fraction of sp³-hybridized carbons (Fsp3) is 0.200. The molecule has 1 heterocycles. The Bertz CT molecular complexity index is 1090. The summed E-state index contributed by atoms with van der Waals surface area (Å²) in [5, 5.41) is 14.6. The summed E-state index contributed by atoms with van der Waals surface area (Å²) in [5.74, 6) is -0.734. The van der Waals surface area contributed by atoms with Crippen LogP contribution in [-0.4, -0.2) is 32.3 Å². The monoisotopic (exact) mass is 447 g/mol. The minimum absolute atomic E-state index is 0.0396. The van der Waals surface area contributed by atoms with E-state index in [-0.39, 0.29) is 23.8 Å². The van der Waals surface area contributed by atoms with Crippen LogP contribution in [0.5, 0.6) is 0 Å². The number of hydrogen-bond acceptors (Lipinski definition) is 5. The van der Waals surface area contributed by atoms with E-state index in [0.717, 1.165) is 5.56 Å². The van der Waals surface area contributed by atoms with E-state index in [1.165, 1.54) is 30.0 Å². The van der Waals surface area contributed by atoms with Crippen molar-refractivity contribution in [2.75, 3.05) is 11.1 Å². The van der Waals surface area contributed by atoms with E-state index >= 15 is 0 Å². The van der Waals surface area contributed by atoms with Crippen LogP contribution in [0.15, 0.2) is 47.6 Å². The molecule has 0 unspecified atom stereocenters. The molecule has 2 N–H and O–H groups in total. The third-order valence-electron chi connectivity index (χ3n) is 4.26. The second-order valence-electron chi connectivity index (χ2n) is 6.42. The Hall–Kier alpha value is -2.91. The first-order valence-corrected chi connectivity index (χ1v) is 10.3. The standard InChI is InChI=1S/C20H19ClFN5O2S/c1-12-7-8-13(21)9-16(12)24-18(28)11-30-20-26-25-17(27(20)2)10-23-19(29)14-5-3-4-6-15(14)22/h3-9H,10-11H2,1-2H3,(H,23,29)(H,24,28). The van der Waals surface area contributed by atoms with Crippen molar-refractivity contribution in [2.45, 2.75) is 18.6 Å². The largest absolute Gasteiger partial charge is 0.345 e. The quantitative estimate of drug-likeness (QED) is 0.540. The van der Waals surface area contributed by atoms with Crippen LogP contribution in [0, 0.1) is 12.7 Å². The number of benzene rings is 2. The lowest BCUT2D eigenvalue weighted by molar-refractivity contribution is -0.113. The van der Waals surface area contributed by atoms with Crippen molar-refractivity contribution >= 4 is 40.9 Å². The first-order valence-electron chi connectivity index (χ1n) is 8.95. The molecule has 10 heteroatoms. The van der Waals surface area contributed by atoms with E-state index in [9.17, 15) is 14.0 Å². The molecule has 0 spiro atoms. The first-order chi connectivity index (χ1) is 14.3. The van der Waals surface area contributed by atoms with Gasteiger partial charge in [-0.15, -0.1) is 10.2 Å². The molecule has 3 rings (SSSR count). The zero-order valence-corrected chi connectivity index (χ0v) is 17.9. The van der Waals surface area contributed by atoms with Gasteiger partial charge in [0.15, 0.2) is 11.0 Å².